The molecule has 26 heteroatoms. The topological polar surface area (TPSA) is 276 Å². The summed E-state index contributed by atoms with van der Waals surface area (Å²) in [5.41, 5.74) is 10.5. The van der Waals surface area contributed by atoms with Gasteiger partial charge in [0.1, 0.15) is 36.9 Å². The van der Waals surface area contributed by atoms with Crippen LogP contribution in [0.4, 0.5) is 20.5 Å². The number of H-pyrrole nitrogens is 1. The van der Waals surface area contributed by atoms with Gasteiger partial charge < -0.3 is 35.5 Å². The molecule has 10 unspecified atom stereocenters. The van der Waals surface area contributed by atoms with Crippen molar-refractivity contribution in [1.82, 2.24) is 44.5 Å². The summed E-state index contributed by atoms with van der Waals surface area (Å²) in [6.07, 6.45) is -11.1. The third-order valence-corrected chi connectivity index (χ3v) is 9.10. The number of ether oxygens (including phenoxy) is 2. The number of fused-ring (bicyclic) bond motifs is 2. The van der Waals surface area contributed by atoms with E-state index >= 15 is 8.78 Å². The Hall–Kier alpha value is -2.89. The maximum absolute atomic E-state index is 15.6. The molecular formula is C19H22F2N11O9P2S2+. The fraction of sp³-hybridized carbons (Fsp3) is 0.526. The Labute approximate surface area is 259 Å². The molecule has 2 saturated heterocycles. The lowest BCUT2D eigenvalue weighted by Crippen LogP contribution is -2.34. The number of aromatic amines is 1. The van der Waals surface area contributed by atoms with E-state index in [1.165, 1.54) is 0 Å². The zero-order valence-electron chi connectivity index (χ0n) is 22.2. The number of hydrogen-bond acceptors (Lipinski definition) is 17. The maximum Gasteiger partial charge on any atom is 0.582 e. The molecule has 45 heavy (non-hydrogen) atoms. The highest BCUT2D eigenvalue weighted by Crippen LogP contribution is 2.51. The molecule has 0 amide bonds. The van der Waals surface area contributed by atoms with Gasteiger partial charge in [-0.05, 0) is 16.4 Å². The van der Waals surface area contributed by atoms with Crippen LogP contribution in [0.25, 0.3) is 22.3 Å². The van der Waals surface area contributed by atoms with Gasteiger partial charge in [0, 0.05) is 0 Å². The molecule has 0 spiro atoms. The van der Waals surface area contributed by atoms with Crippen LogP contribution in [0.3, 0.4) is 0 Å². The van der Waals surface area contributed by atoms with E-state index in [1.807, 2.05) is 0 Å². The van der Waals surface area contributed by atoms with E-state index in [0.29, 0.717) is 0 Å². The van der Waals surface area contributed by atoms with E-state index in [-0.39, 0.29) is 34.1 Å². The summed E-state index contributed by atoms with van der Waals surface area (Å²) >= 11 is 8.79. The minimum absolute atomic E-state index is 0.0197. The van der Waals surface area contributed by atoms with E-state index in [4.69, 9.17) is 46.3 Å². The van der Waals surface area contributed by atoms with Crippen molar-refractivity contribution in [3.8, 4) is 0 Å². The number of rotatable bonds is 10. The van der Waals surface area contributed by atoms with Gasteiger partial charge in [0.25, 0.3) is 5.56 Å². The Morgan fingerprint density at radius 3 is 2.62 bits per heavy atom. The number of nitrogens with zero attached hydrogens (tertiary/aromatic N) is 8. The van der Waals surface area contributed by atoms with E-state index < -0.39 is 81.9 Å². The molecule has 6 heterocycles. The number of halogens is 2. The van der Waals surface area contributed by atoms with E-state index in [1.54, 1.807) is 0 Å². The van der Waals surface area contributed by atoms with Crippen molar-refractivity contribution in [2.24, 2.45) is 0 Å². The van der Waals surface area contributed by atoms with Crippen LogP contribution >= 0.6 is 26.2 Å². The lowest BCUT2D eigenvalue weighted by molar-refractivity contribution is -0.0561. The van der Waals surface area contributed by atoms with E-state index in [9.17, 15) is 19.4 Å². The van der Waals surface area contributed by atoms with Crippen molar-refractivity contribution in [3.05, 3.63) is 23.0 Å². The van der Waals surface area contributed by atoms with E-state index in [2.05, 4.69) is 47.5 Å². The summed E-state index contributed by atoms with van der Waals surface area (Å²) in [6.45, 7) is -5.93. The number of nitrogens with two attached hydrogens (primary N) is 2. The number of aromatic nitrogens is 9. The van der Waals surface area contributed by atoms with Gasteiger partial charge in [-0.3, -0.25) is 18.9 Å². The lowest BCUT2D eigenvalue weighted by atomic mass is 10.1. The maximum atomic E-state index is 15.6. The van der Waals surface area contributed by atoms with Crippen LogP contribution in [0, 0.1) is 0 Å². The Morgan fingerprint density at radius 1 is 1.13 bits per heavy atom. The highest BCUT2D eigenvalue weighted by atomic mass is 32.7. The normalized spacial score (nSPS) is 30.3. The van der Waals surface area contributed by atoms with Gasteiger partial charge >= 0.3 is 13.9 Å². The molecule has 0 aromatic carbocycles. The smallest absolute Gasteiger partial charge is 0.394 e. The molecule has 6 rings (SSSR count). The zero-order valence-corrected chi connectivity index (χ0v) is 25.7. The summed E-state index contributed by atoms with van der Waals surface area (Å²) in [6, 6.07) is 0. The third-order valence-electron chi connectivity index (χ3n) is 6.84. The SMILES string of the molecule is Nc1nc2c(ncn2C2OC(CO)C(F)C2OP(O)(=S)OCC2OC(n3nnc4c(N)ncnc43)C(F)C2O[P+](=O)S)c(=O)[nH]1. The van der Waals surface area contributed by atoms with Crippen LogP contribution in [0.2, 0.25) is 0 Å². The fourth-order valence-corrected chi connectivity index (χ4v) is 7.06. The van der Waals surface area contributed by atoms with Crippen molar-refractivity contribution in [1.29, 1.82) is 0 Å². The average Bonchev–Trinajstić information content (AvgIpc) is 3.73. The van der Waals surface area contributed by atoms with Crippen molar-refractivity contribution < 1.29 is 46.4 Å². The van der Waals surface area contributed by atoms with Gasteiger partial charge in [0.2, 0.25) is 5.95 Å². The second-order valence-electron chi connectivity index (χ2n) is 9.58. The van der Waals surface area contributed by atoms with Gasteiger partial charge in [0.15, 0.2) is 59.0 Å². The van der Waals surface area contributed by atoms with Crippen LogP contribution in [-0.4, -0.2) is 104 Å². The summed E-state index contributed by atoms with van der Waals surface area (Å²) in [5.74, 6) is -0.297. The molecule has 0 aliphatic carbocycles. The number of thiol groups is 1. The number of imidazole rings is 1. The fourth-order valence-electron chi connectivity index (χ4n) is 4.87. The number of alkyl halides is 2. The lowest BCUT2D eigenvalue weighted by Gasteiger charge is -2.26. The molecule has 0 saturated carbocycles. The number of aliphatic hydroxyl groups excluding tert-OH is 1. The highest BCUT2D eigenvalue weighted by Gasteiger charge is 2.53. The standard InChI is InChI=1S/C19H21F2N11O9P2S2/c20-7-5(1-33)38-18(31-4-26-10-15(31)27-19(23)28-16(10)34)12(7)41-43(36,45)37-2-6-11(40-42(35)44)8(21)17(39-6)32-14-9(29-30-32)13(22)24-3-25-14/h3-8,11-12,17-18,33H,1-2H2,(H6-,22,23,24,25,27,28,30,34,35,36,44,45)/p+1. The largest absolute Gasteiger partial charge is 0.582 e. The Morgan fingerprint density at radius 2 is 1.89 bits per heavy atom. The van der Waals surface area contributed by atoms with Crippen LogP contribution < -0.4 is 17.0 Å². The summed E-state index contributed by atoms with van der Waals surface area (Å²) in [4.78, 5) is 41.2. The average molecular weight is 713 g/mol. The molecule has 4 aromatic rings. The number of nitrogens with one attached hydrogen (secondary N) is 1. The predicted octanol–water partition coefficient (Wildman–Crippen LogP) is -0.427. The first-order valence-corrected chi connectivity index (χ1v) is 17.5. The van der Waals surface area contributed by atoms with Crippen molar-refractivity contribution in [2.45, 2.75) is 49.2 Å². The summed E-state index contributed by atoms with van der Waals surface area (Å²) in [5, 5.41) is 17.3. The first-order valence-electron chi connectivity index (χ1n) is 12.6. The first-order chi connectivity index (χ1) is 21.4. The molecule has 4 aromatic heterocycles. The molecule has 10 atom stereocenters. The van der Waals surface area contributed by atoms with Gasteiger partial charge in [-0.2, -0.15) is 9.67 Å². The van der Waals surface area contributed by atoms with Gasteiger partial charge in [-0.25, -0.2) is 23.7 Å². The van der Waals surface area contributed by atoms with Gasteiger partial charge in [-0.1, -0.05) is 5.21 Å². The molecule has 0 bridgehead atoms. The Bertz CT molecular complexity index is 1870. The number of aliphatic hydroxyl groups is 1. The Kier molecular flexibility index (Phi) is 8.82. The van der Waals surface area contributed by atoms with Crippen LogP contribution in [-0.2, 0) is 39.4 Å². The van der Waals surface area contributed by atoms with E-state index in [0.717, 1.165) is 21.9 Å². The van der Waals surface area contributed by atoms with Crippen LogP contribution in [0.5, 0.6) is 0 Å². The Balaban J connectivity index is 1.22. The minimum Gasteiger partial charge on any atom is -0.394 e. The summed E-state index contributed by atoms with van der Waals surface area (Å²) in [7, 11) is -2.66. The number of hydrogen-bond donors (Lipinski definition) is 6. The van der Waals surface area contributed by atoms with Crippen molar-refractivity contribution in [2.75, 3.05) is 24.7 Å². The van der Waals surface area contributed by atoms with Gasteiger partial charge in [-0.15, -0.1) is 9.62 Å². The molecule has 7 N–H and O–H groups in total. The third kappa shape index (κ3) is 6.03. The molecule has 20 nitrogen and oxygen atoms in total. The zero-order chi connectivity index (χ0) is 32.2. The second kappa shape index (κ2) is 12.4. The summed E-state index contributed by atoms with van der Waals surface area (Å²) < 4.78 is 72.3. The molecular weight excluding hydrogens is 690 g/mol. The first kappa shape index (κ1) is 32.1. The predicted molar refractivity (Wildman–Crippen MR) is 154 cm³/mol. The minimum atomic E-state index is -4.43. The molecule has 242 valence electrons. The second-order valence-corrected chi connectivity index (χ2v) is 14.0. The quantitative estimate of drug-likeness (QED) is 0.0899. The molecule has 0 radical (unpaired) electrons. The van der Waals surface area contributed by atoms with Crippen molar-refractivity contribution >= 4 is 72.1 Å². The van der Waals surface area contributed by atoms with Crippen LogP contribution in [0.1, 0.15) is 12.5 Å². The molecule has 2 aliphatic rings. The highest BCUT2D eigenvalue weighted by molar-refractivity contribution is 8.39. The monoisotopic (exact) mass is 712 g/mol. The van der Waals surface area contributed by atoms with Crippen molar-refractivity contribution in [3.63, 3.8) is 0 Å². The van der Waals surface area contributed by atoms with Gasteiger partial charge in [0.05, 0.1) is 19.5 Å². The number of anilines is 2. The molecule has 2 fully saturated rings. The van der Waals surface area contributed by atoms with Crippen LogP contribution in [0.15, 0.2) is 17.4 Å². The molecule has 2 aliphatic heterocycles. The number of nitrogen functional groups attached to an aromatic ring is 2.